The fourth-order valence-electron chi connectivity index (χ4n) is 3.98. The Balaban J connectivity index is 1.50. The van der Waals surface area contributed by atoms with E-state index < -0.39 is 18.1 Å². The molecule has 31 heavy (non-hydrogen) atoms. The molecule has 4 rings (SSSR count). The summed E-state index contributed by atoms with van der Waals surface area (Å²) in [7, 11) is 0. The number of carbonyl (C=O) groups excluding carboxylic acids is 1. The second-order valence-electron chi connectivity index (χ2n) is 7.29. The topological polar surface area (TPSA) is 75.6 Å². The van der Waals surface area contributed by atoms with E-state index in [4.69, 9.17) is 16.3 Å². The predicted octanol–water partition coefficient (Wildman–Crippen LogP) is 6.16. The number of nitrogens with one attached hydrogen (secondary N) is 1. The maximum absolute atomic E-state index is 12.6. The van der Waals surface area contributed by atoms with Gasteiger partial charge in [0.1, 0.15) is 6.61 Å². The van der Waals surface area contributed by atoms with Gasteiger partial charge in [0.05, 0.1) is 12.5 Å². The van der Waals surface area contributed by atoms with E-state index >= 15 is 0 Å². The van der Waals surface area contributed by atoms with Gasteiger partial charge < -0.3 is 15.2 Å². The maximum atomic E-state index is 12.6. The Hall–Kier alpha value is -2.83. The summed E-state index contributed by atoms with van der Waals surface area (Å²) in [5.41, 5.74) is 5.00. The van der Waals surface area contributed by atoms with Crippen LogP contribution in [0.15, 0.2) is 71.2 Å². The van der Waals surface area contributed by atoms with Crippen LogP contribution in [0.1, 0.15) is 35.1 Å². The van der Waals surface area contributed by atoms with Crippen molar-refractivity contribution >= 4 is 39.6 Å². The van der Waals surface area contributed by atoms with Crippen molar-refractivity contribution < 1.29 is 19.4 Å². The highest BCUT2D eigenvalue weighted by Crippen LogP contribution is 2.44. The average Bonchev–Trinajstić information content (AvgIpc) is 3.05. The molecule has 0 spiro atoms. The van der Waals surface area contributed by atoms with Gasteiger partial charge in [-0.05, 0) is 39.9 Å². The number of carboxylic acid groups (broad SMARTS) is 1. The van der Waals surface area contributed by atoms with Crippen molar-refractivity contribution in [1.29, 1.82) is 0 Å². The minimum Gasteiger partial charge on any atom is -0.481 e. The van der Waals surface area contributed by atoms with Crippen LogP contribution in [-0.4, -0.2) is 23.8 Å². The van der Waals surface area contributed by atoms with Gasteiger partial charge in [-0.3, -0.25) is 4.79 Å². The Kier molecular flexibility index (Phi) is 6.30. The summed E-state index contributed by atoms with van der Waals surface area (Å²) < 4.78 is 6.30. The molecule has 1 aliphatic rings. The molecule has 0 radical (unpaired) electrons. The molecular weight excluding hydrogens is 482 g/mol. The lowest BCUT2D eigenvalue weighted by atomic mass is 9.98. The molecule has 0 fully saturated rings. The van der Waals surface area contributed by atoms with Crippen LogP contribution < -0.4 is 5.32 Å². The molecule has 0 aliphatic heterocycles. The van der Waals surface area contributed by atoms with Gasteiger partial charge >= 0.3 is 12.1 Å². The fourth-order valence-corrected chi connectivity index (χ4v) is 4.78. The Morgan fingerprint density at radius 3 is 2.23 bits per heavy atom. The number of hydrogen-bond donors (Lipinski definition) is 2. The number of fused-ring (bicyclic) bond motifs is 3. The number of ether oxygens (including phenoxy) is 1. The summed E-state index contributed by atoms with van der Waals surface area (Å²) in [5.74, 6) is -1.13. The molecule has 5 nitrogen and oxygen atoms in total. The first-order valence-electron chi connectivity index (χ1n) is 9.72. The van der Waals surface area contributed by atoms with E-state index in [9.17, 15) is 14.7 Å². The van der Waals surface area contributed by atoms with E-state index in [1.165, 1.54) is 0 Å². The molecule has 3 aromatic carbocycles. The molecule has 0 aromatic heterocycles. The van der Waals surface area contributed by atoms with Crippen molar-refractivity contribution in [2.75, 3.05) is 6.61 Å². The lowest BCUT2D eigenvalue weighted by molar-refractivity contribution is -0.137. The number of carbonyl (C=O) groups is 2. The minimum absolute atomic E-state index is 0.0765. The zero-order valence-electron chi connectivity index (χ0n) is 16.3. The van der Waals surface area contributed by atoms with E-state index in [1.54, 1.807) is 18.2 Å². The van der Waals surface area contributed by atoms with Gasteiger partial charge in [-0.1, -0.05) is 82.1 Å². The van der Waals surface area contributed by atoms with Crippen LogP contribution in [0.3, 0.4) is 0 Å². The van der Waals surface area contributed by atoms with Crippen LogP contribution in [0.5, 0.6) is 0 Å². The van der Waals surface area contributed by atoms with Crippen molar-refractivity contribution in [3.05, 3.63) is 92.9 Å². The largest absolute Gasteiger partial charge is 0.481 e. The zero-order valence-corrected chi connectivity index (χ0v) is 18.7. The van der Waals surface area contributed by atoms with Crippen LogP contribution in [0.2, 0.25) is 5.02 Å². The zero-order chi connectivity index (χ0) is 22.0. The van der Waals surface area contributed by atoms with Gasteiger partial charge in [-0.25, -0.2) is 4.79 Å². The average molecular weight is 501 g/mol. The number of hydrogen-bond acceptors (Lipinski definition) is 3. The summed E-state index contributed by atoms with van der Waals surface area (Å²) in [6, 6.07) is 20.4. The lowest BCUT2D eigenvalue weighted by Gasteiger charge is -2.20. The molecule has 158 valence electrons. The molecule has 7 heteroatoms. The number of benzene rings is 3. The van der Waals surface area contributed by atoms with Crippen LogP contribution >= 0.6 is 27.5 Å². The lowest BCUT2D eigenvalue weighted by Crippen LogP contribution is -2.31. The van der Waals surface area contributed by atoms with Gasteiger partial charge in [0.15, 0.2) is 0 Å². The fraction of sp³-hybridized carbons (Fsp3) is 0.167. The third-order valence-corrected chi connectivity index (χ3v) is 6.17. The number of alkyl carbamates (subject to hydrolysis) is 1. The van der Waals surface area contributed by atoms with Crippen molar-refractivity contribution in [1.82, 2.24) is 5.32 Å². The first kappa shape index (κ1) is 21.4. The number of halogens is 2. The summed E-state index contributed by atoms with van der Waals surface area (Å²) in [5, 5.41) is 12.3. The van der Waals surface area contributed by atoms with E-state index in [0.717, 1.165) is 26.7 Å². The Morgan fingerprint density at radius 1 is 1.03 bits per heavy atom. The number of rotatable bonds is 6. The summed E-state index contributed by atoms with van der Waals surface area (Å²) in [6.45, 7) is 0.147. The number of carboxylic acids is 1. The smallest absolute Gasteiger partial charge is 0.407 e. The van der Waals surface area contributed by atoms with Gasteiger partial charge in [-0.2, -0.15) is 0 Å². The van der Waals surface area contributed by atoms with Crippen molar-refractivity contribution in [2.45, 2.75) is 18.4 Å². The Bertz CT molecular complexity index is 1100. The van der Waals surface area contributed by atoms with E-state index in [0.29, 0.717) is 10.6 Å². The molecule has 0 saturated heterocycles. The molecule has 2 N–H and O–H groups in total. The second-order valence-corrected chi connectivity index (χ2v) is 8.61. The molecule has 0 heterocycles. The SMILES string of the molecule is O=C(O)C[C@H](NC(=O)OCC1c2ccccc2-c2ccccc21)c1ccc(Br)cc1Cl. The van der Waals surface area contributed by atoms with Crippen LogP contribution in [0.4, 0.5) is 4.79 Å². The van der Waals surface area contributed by atoms with Gasteiger partial charge in [0.2, 0.25) is 0 Å². The third kappa shape index (κ3) is 4.60. The van der Waals surface area contributed by atoms with Crippen molar-refractivity contribution in [3.8, 4) is 11.1 Å². The van der Waals surface area contributed by atoms with Crippen molar-refractivity contribution in [2.24, 2.45) is 0 Å². The molecule has 0 unspecified atom stereocenters. The van der Waals surface area contributed by atoms with Crippen LogP contribution in [0, 0.1) is 0 Å². The second kappa shape index (κ2) is 9.12. The standard InChI is InChI=1S/C24H19BrClNO4/c25-14-9-10-19(21(26)11-14)22(12-23(28)29)27-24(30)31-13-20-17-7-3-1-5-15(17)16-6-2-4-8-18(16)20/h1-11,20,22H,12-13H2,(H,27,30)(H,28,29)/t22-/m0/s1. The highest BCUT2D eigenvalue weighted by Gasteiger charge is 2.29. The Morgan fingerprint density at radius 2 is 1.65 bits per heavy atom. The molecule has 1 amide bonds. The number of amides is 1. The molecular formula is C24H19BrClNO4. The highest BCUT2D eigenvalue weighted by molar-refractivity contribution is 9.10. The summed E-state index contributed by atoms with van der Waals surface area (Å²) in [6.07, 6.45) is -1.00. The first-order chi connectivity index (χ1) is 14.9. The van der Waals surface area contributed by atoms with Gasteiger partial charge in [0, 0.05) is 15.4 Å². The molecule has 0 bridgehead atoms. The Labute approximate surface area is 193 Å². The minimum atomic E-state index is -1.05. The monoisotopic (exact) mass is 499 g/mol. The summed E-state index contributed by atoms with van der Waals surface area (Å²) in [4.78, 5) is 23.9. The maximum Gasteiger partial charge on any atom is 0.407 e. The van der Waals surface area contributed by atoms with Gasteiger partial charge in [-0.15, -0.1) is 0 Å². The first-order valence-corrected chi connectivity index (χ1v) is 10.9. The highest BCUT2D eigenvalue weighted by atomic mass is 79.9. The predicted molar refractivity (Wildman–Crippen MR) is 122 cm³/mol. The van der Waals surface area contributed by atoms with Gasteiger partial charge in [0.25, 0.3) is 0 Å². The van der Waals surface area contributed by atoms with E-state index in [-0.39, 0.29) is 18.9 Å². The van der Waals surface area contributed by atoms with E-state index in [1.807, 2.05) is 36.4 Å². The molecule has 3 aromatic rings. The normalized spacial score (nSPS) is 13.2. The number of aliphatic carboxylic acids is 1. The molecule has 0 saturated carbocycles. The van der Waals surface area contributed by atoms with E-state index in [2.05, 4.69) is 33.4 Å². The quantitative estimate of drug-likeness (QED) is 0.425. The third-order valence-electron chi connectivity index (χ3n) is 5.35. The molecule has 1 atom stereocenters. The van der Waals surface area contributed by atoms with Crippen LogP contribution in [0.25, 0.3) is 11.1 Å². The van der Waals surface area contributed by atoms with Crippen molar-refractivity contribution in [3.63, 3.8) is 0 Å². The summed E-state index contributed by atoms with van der Waals surface area (Å²) >= 11 is 9.59. The van der Waals surface area contributed by atoms with Crippen LogP contribution in [-0.2, 0) is 9.53 Å². The molecule has 1 aliphatic carbocycles.